The van der Waals surface area contributed by atoms with Gasteiger partial charge in [-0.3, -0.25) is 14.6 Å². The summed E-state index contributed by atoms with van der Waals surface area (Å²) >= 11 is 1.36. The minimum Gasteiger partial charge on any atom is -0.486 e. The summed E-state index contributed by atoms with van der Waals surface area (Å²) in [6.07, 6.45) is 4.50. The number of aromatic nitrogens is 2. The van der Waals surface area contributed by atoms with Crippen LogP contribution in [0.25, 0.3) is 0 Å². The molecule has 0 fully saturated rings. The van der Waals surface area contributed by atoms with Crippen molar-refractivity contribution in [2.24, 2.45) is 0 Å². The molecule has 5 rings (SSSR count). The largest absolute Gasteiger partial charge is 0.486 e. The van der Waals surface area contributed by atoms with Gasteiger partial charge in [0.1, 0.15) is 28.9 Å². The number of thiazole rings is 1. The van der Waals surface area contributed by atoms with Crippen LogP contribution in [0.4, 0.5) is 4.39 Å². The van der Waals surface area contributed by atoms with Crippen LogP contribution >= 0.6 is 11.3 Å². The van der Waals surface area contributed by atoms with Crippen molar-refractivity contribution in [2.75, 3.05) is 6.54 Å². The second-order valence-electron chi connectivity index (χ2n) is 8.96. The number of nitrogens with one attached hydrogen (secondary N) is 1. The van der Waals surface area contributed by atoms with Crippen molar-refractivity contribution in [3.63, 3.8) is 0 Å². The molecule has 3 heterocycles. The lowest BCUT2D eigenvalue weighted by molar-refractivity contribution is -0.132. The molecule has 1 N–H and O–H groups in total. The number of nitrogens with zero attached hydrogens (tertiary/aromatic N) is 3. The first-order valence-corrected chi connectivity index (χ1v) is 13.3. The minimum atomic E-state index is -0.316. The molecule has 0 bridgehead atoms. The Balaban J connectivity index is 1.29. The summed E-state index contributed by atoms with van der Waals surface area (Å²) in [4.78, 5) is 35.5. The van der Waals surface area contributed by atoms with Gasteiger partial charge in [0, 0.05) is 37.3 Å². The molecule has 0 saturated carbocycles. The lowest BCUT2D eigenvalue weighted by atomic mass is 9.87. The summed E-state index contributed by atoms with van der Waals surface area (Å²) in [5.74, 6) is 0.124. The second kappa shape index (κ2) is 11.5. The van der Waals surface area contributed by atoms with Crippen LogP contribution in [0.5, 0.6) is 5.75 Å². The SMILES string of the molecule is CCC(=O)N1CCc2ccc(OCc3nc(C(=O)NCc4ccncc4)cs3)cc2C1c1ccc(F)cc1. The highest BCUT2D eigenvalue weighted by atomic mass is 32.1. The third-order valence-electron chi connectivity index (χ3n) is 6.50. The van der Waals surface area contributed by atoms with Gasteiger partial charge in [-0.15, -0.1) is 11.3 Å². The highest BCUT2D eigenvalue weighted by molar-refractivity contribution is 7.09. The third kappa shape index (κ3) is 5.73. The number of rotatable bonds is 8. The van der Waals surface area contributed by atoms with Crippen molar-refractivity contribution in [3.8, 4) is 5.75 Å². The molecule has 2 amide bonds. The zero-order chi connectivity index (χ0) is 26.5. The Morgan fingerprint density at radius 3 is 2.68 bits per heavy atom. The molecule has 2 aromatic carbocycles. The quantitative estimate of drug-likeness (QED) is 0.344. The molecule has 9 heteroatoms. The maximum atomic E-state index is 13.6. The first-order chi connectivity index (χ1) is 18.5. The van der Waals surface area contributed by atoms with Crippen LogP contribution in [0.3, 0.4) is 0 Å². The van der Waals surface area contributed by atoms with E-state index in [0.29, 0.717) is 36.0 Å². The van der Waals surface area contributed by atoms with E-state index < -0.39 is 0 Å². The van der Waals surface area contributed by atoms with Gasteiger partial charge in [0.2, 0.25) is 5.91 Å². The maximum absolute atomic E-state index is 13.6. The monoisotopic (exact) mass is 530 g/mol. The third-order valence-corrected chi connectivity index (χ3v) is 7.33. The van der Waals surface area contributed by atoms with Crippen molar-refractivity contribution < 1.29 is 18.7 Å². The van der Waals surface area contributed by atoms with Crippen molar-refractivity contribution in [2.45, 2.75) is 39.0 Å². The number of carbonyl (C=O) groups excluding carboxylic acids is 2. The first-order valence-electron chi connectivity index (χ1n) is 12.4. The summed E-state index contributed by atoms with van der Waals surface area (Å²) in [6.45, 7) is 3.06. The Morgan fingerprint density at radius 1 is 1.13 bits per heavy atom. The summed E-state index contributed by atoms with van der Waals surface area (Å²) in [7, 11) is 0. The number of fused-ring (bicyclic) bond motifs is 1. The molecule has 2 aromatic heterocycles. The fraction of sp³-hybridized carbons (Fsp3) is 0.241. The van der Waals surface area contributed by atoms with Crippen molar-refractivity contribution in [3.05, 3.63) is 111 Å². The van der Waals surface area contributed by atoms with E-state index in [4.69, 9.17) is 4.74 Å². The molecule has 1 unspecified atom stereocenters. The average Bonchev–Trinajstić information content (AvgIpc) is 3.44. The number of halogens is 1. The van der Waals surface area contributed by atoms with Gasteiger partial charge in [-0.2, -0.15) is 0 Å². The van der Waals surface area contributed by atoms with Gasteiger partial charge in [-0.25, -0.2) is 9.37 Å². The molecule has 4 aromatic rings. The van der Waals surface area contributed by atoms with Crippen LogP contribution in [0.15, 0.2) is 72.4 Å². The lowest BCUT2D eigenvalue weighted by Gasteiger charge is -2.38. The van der Waals surface area contributed by atoms with E-state index in [0.717, 1.165) is 28.7 Å². The Labute approximate surface area is 224 Å². The zero-order valence-electron chi connectivity index (χ0n) is 20.9. The van der Waals surface area contributed by atoms with Crippen LogP contribution in [-0.2, 0) is 24.4 Å². The fourth-order valence-electron chi connectivity index (χ4n) is 4.56. The topological polar surface area (TPSA) is 84.4 Å². The van der Waals surface area contributed by atoms with E-state index in [-0.39, 0.29) is 30.3 Å². The van der Waals surface area contributed by atoms with Crippen molar-refractivity contribution in [1.82, 2.24) is 20.2 Å². The number of carbonyl (C=O) groups is 2. The summed E-state index contributed by atoms with van der Waals surface area (Å²) < 4.78 is 19.7. The highest BCUT2D eigenvalue weighted by Crippen LogP contribution is 2.37. The van der Waals surface area contributed by atoms with Crippen molar-refractivity contribution in [1.29, 1.82) is 0 Å². The Kier molecular flexibility index (Phi) is 7.74. The fourth-order valence-corrected chi connectivity index (χ4v) is 5.24. The molecule has 0 aliphatic carbocycles. The molecule has 0 radical (unpaired) electrons. The normalized spacial score (nSPS) is 14.6. The number of benzene rings is 2. The van der Waals surface area contributed by atoms with Gasteiger partial charge in [0.05, 0.1) is 6.04 Å². The number of hydrogen-bond donors (Lipinski definition) is 1. The number of amides is 2. The molecule has 0 saturated heterocycles. The highest BCUT2D eigenvalue weighted by Gasteiger charge is 2.31. The van der Waals surface area contributed by atoms with Crippen molar-refractivity contribution >= 4 is 23.2 Å². The maximum Gasteiger partial charge on any atom is 0.271 e. The molecular weight excluding hydrogens is 503 g/mol. The van der Waals surface area contributed by atoms with Gasteiger partial charge in [-0.05, 0) is 65.1 Å². The van der Waals surface area contributed by atoms with Gasteiger partial charge in [0.25, 0.3) is 5.91 Å². The molecule has 1 aliphatic heterocycles. The van der Waals surface area contributed by atoms with E-state index in [1.54, 1.807) is 29.9 Å². The van der Waals surface area contributed by atoms with Gasteiger partial charge in [0.15, 0.2) is 0 Å². The second-order valence-corrected chi connectivity index (χ2v) is 9.90. The zero-order valence-corrected chi connectivity index (χ0v) is 21.7. The molecule has 0 spiro atoms. The number of ether oxygens (including phenoxy) is 1. The van der Waals surface area contributed by atoms with E-state index in [1.807, 2.05) is 42.2 Å². The number of pyridine rings is 1. The predicted molar refractivity (Wildman–Crippen MR) is 142 cm³/mol. The smallest absolute Gasteiger partial charge is 0.271 e. The lowest BCUT2D eigenvalue weighted by Crippen LogP contribution is -2.40. The van der Waals surface area contributed by atoms with Crippen LogP contribution in [0, 0.1) is 5.82 Å². The molecule has 194 valence electrons. The van der Waals surface area contributed by atoms with Crippen LogP contribution in [0.2, 0.25) is 0 Å². The summed E-state index contributed by atoms with van der Waals surface area (Å²) in [5, 5.41) is 5.25. The Morgan fingerprint density at radius 2 is 1.92 bits per heavy atom. The van der Waals surface area contributed by atoms with Crippen LogP contribution < -0.4 is 10.1 Å². The van der Waals surface area contributed by atoms with E-state index in [2.05, 4.69) is 15.3 Å². The summed E-state index contributed by atoms with van der Waals surface area (Å²) in [6, 6.07) is 15.6. The first kappa shape index (κ1) is 25.5. The Bertz CT molecular complexity index is 1430. The standard InChI is InChI=1S/C29H27FN4O3S/c1-2-27(35)34-14-11-20-5-8-23(15-24(20)28(34)21-3-6-22(30)7-4-21)37-17-26-33-25(18-38-26)29(36)32-16-19-9-12-31-13-10-19/h3-10,12-13,15,18,28H,2,11,14,16-17H2,1H3,(H,32,36). The van der Waals surface area contributed by atoms with Crippen LogP contribution in [-0.4, -0.2) is 33.2 Å². The van der Waals surface area contributed by atoms with E-state index >= 15 is 0 Å². The number of hydrogen-bond acceptors (Lipinski definition) is 6. The molecule has 1 atom stereocenters. The molecule has 7 nitrogen and oxygen atoms in total. The van der Waals surface area contributed by atoms with Gasteiger partial charge < -0.3 is 15.0 Å². The molecular formula is C29H27FN4O3S. The summed E-state index contributed by atoms with van der Waals surface area (Å²) in [5.41, 5.74) is 4.26. The molecule has 1 aliphatic rings. The van der Waals surface area contributed by atoms with E-state index in [9.17, 15) is 14.0 Å². The predicted octanol–water partition coefficient (Wildman–Crippen LogP) is 5.07. The molecule has 38 heavy (non-hydrogen) atoms. The average molecular weight is 531 g/mol. The van der Waals surface area contributed by atoms with Gasteiger partial charge >= 0.3 is 0 Å². The van der Waals surface area contributed by atoms with E-state index in [1.165, 1.54) is 23.5 Å². The van der Waals surface area contributed by atoms with Gasteiger partial charge in [-0.1, -0.05) is 25.1 Å². The Hall–Kier alpha value is -4.11. The van der Waals surface area contributed by atoms with Crippen LogP contribution in [0.1, 0.15) is 57.1 Å². The minimum absolute atomic E-state index is 0.0498.